The molecule has 0 aliphatic rings. The van der Waals surface area contributed by atoms with Crippen LogP contribution >= 0.6 is 31.9 Å². The first-order chi connectivity index (χ1) is 8.19. The largest absolute Gasteiger partial charge is 0.380 e. The van der Waals surface area contributed by atoms with Crippen molar-refractivity contribution in [1.29, 1.82) is 0 Å². The molecule has 1 N–H and O–H groups in total. The third-order valence-electron chi connectivity index (χ3n) is 2.30. The lowest BCUT2D eigenvalue weighted by Gasteiger charge is -2.19. The summed E-state index contributed by atoms with van der Waals surface area (Å²) in [5.41, 5.74) is 0.995. The van der Waals surface area contributed by atoms with Gasteiger partial charge in [0.25, 0.3) is 0 Å². The number of aromatic nitrogens is 1. The number of hydrogen-bond acceptors (Lipinski definition) is 3. The molecule has 0 amide bonds. The molecule has 0 aromatic carbocycles. The second kappa shape index (κ2) is 8.19. The zero-order valence-electron chi connectivity index (χ0n) is 10.2. The van der Waals surface area contributed by atoms with E-state index in [-0.39, 0.29) is 6.04 Å². The van der Waals surface area contributed by atoms with E-state index < -0.39 is 0 Å². The Bertz CT molecular complexity index is 339. The highest BCUT2D eigenvalue weighted by Gasteiger charge is 2.15. The number of pyridine rings is 1. The Morgan fingerprint density at radius 3 is 2.76 bits per heavy atom. The Morgan fingerprint density at radius 1 is 1.41 bits per heavy atom. The molecule has 1 aromatic rings. The molecule has 0 bridgehead atoms. The fraction of sp³-hybridized carbons (Fsp3) is 0.583. The van der Waals surface area contributed by atoms with Crippen LogP contribution in [-0.2, 0) is 4.74 Å². The molecule has 0 aliphatic carbocycles. The smallest absolute Gasteiger partial charge is 0.0744 e. The van der Waals surface area contributed by atoms with E-state index in [1.165, 1.54) is 0 Å². The number of rotatable bonds is 7. The van der Waals surface area contributed by atoms with E-state index in [4.69, 9.17) is 4.74 Å². The molecule has 1 aromatic heterocycles. The first kappa shape index (κ1) is 15.1. The van der Waals surface area contributed by atoms with Crippen molar-refractivity contribution in [3.8, 4) is 0 Å². The lowest BCUT2D eigenvalue weighted by Crippen LogP contribution is -2.27. The van der Waals surface area contributed by atoms with Crippen LogP contribution in [0.25, 0.3) is 0 Å². The second-order valence-electron chi connectivity index (χ2n) is 3.69. The number of halogens is 2. The quantitative estimate of drug-likeness (QED) is 0.800. The normalized spacial score (nSPS) is 12.7. The maximum absolute atomic E-state index is 5.50. The molecule has 1 atom stereocenters. The monoisotopic (exact) mass is 364 g/mol. The Labute approximate surface area is 120 Å². The van der Waals surface area contributed by atoms with Crippen molar-refractivity contribution in [2.75, 3.05) is 19.8 Å². The SMILES string of the molecule is CCCNC(COCC)c1ncc(Br)cc1Br. The van der Waals surface area contributed by atoms with E-state index in [2.05, 4.69) is 49.1 Å². The Morgan fingerprint density at radius 2 is 2.18 bits per heavy atom. The fourth-order valence-electron chi connectivity index (χ4n) is 1.47. The average Bonchev–Trinajstić information content (AvgIpc) is 2.30. The third-order valence-corrected chi connectivity index (χ3v) is 3.36. The van der Waals surface area contributed by atoms with Gasteiger partial charge in [0.2, 0.25) is 0 Å². The number of nitrogens with one attached hydrogen (secondary N) is 1. The lowest BCUT2D eigenvalue weighted by molar-refractivity contribution is 0.121. The van der Waals surface area contributed by atoms with E-state index in [0.717, 1.165) is 34.2 Å². The zero-order chi connectivity index (χ0) is 12.7. The standard InChI is InChI=1S/C12H18Br2N2O/c1-3-5-15-11(8-17-4-2)12-10(14)6-9(13)7-16-12/h6-7,11,15H,3-5,8H2,1-2H3. The molecule has 0 saturated carbocycles. The van der Waals surface area contributed by atoms with Gasteiger partial charge >= 0.3 is 0 Å². The minimum atomic E-state index is 0.136. The number of nitrogens with zero attached hydrogens (tertiary/aromatic N) is 1. The summed E-state index contributed by atoms with van der Waals surface area (Å²) in [7, 11) is 0. The predicted molar refractivity (Wildman–Crippen MR) is 77.2 cm³/mol. The maximum Gasteiger partial charge on any atom is 0.0744 e. The van der Waals surface area contributed by atoms with Crippen LogP contribution in [0.3, 0.4) is 0 Å². The van der Waals surface area contributed by atoms with Gasteiger partial charge in [-0.05, 0) is 57.8 Å². The van der Waals surface area contributed by atoms with E-state index in [0.29, 0.717) is 6.61 Å². The summed E-state index contributed by atoms with van der Waals surface area (Å²) in [5.74, 6) is 0. The molecule has 3 nitrogen and oxygen atoms in total. The highest BCUT2D eigenvalue weighted by Crippen LogP contribution is 2.24. The van der Waals surface area contributed by atoms with E-state index >= 15 is 0 Å². The molecule has 1 unspecified atom stereocenters. The maximum atomic E-state index is 5.50. The molecule has 17 heavy (non-hydrogen) atoms. The summed E-state index contributed by atoms with van der Waals surface area (Å²) in [4.78, 5) is 4.45. The first-order valence-electron chi connectivity index (χ1n) is 5.81. The molecule has 1 heterocycles. The van der Waals surface area contributed by atoms with Crippen molar-refractivity contribution in [2.24, 2.45) is 0 Å². The van der Waals surface area contributed by atoms with Crippen molar-refractivity contribution in [2.45, 2.75) is 26.3 Å². The van der Waals surface area contributed by atoms with Crippen molar-refractivity contribution >= 4 is 31.9 Å². The van der Waals surface area contributed by atoms with Crippen molar-refractivity contribution in [3.05, 3.63) is 26.9 Å². The van der Waals surface area contributed by atoms with E-state index in [1.807, 2.05) is 19.2 Å². The average molecular weight is 366 g/mol. The molecule has 0 aliphatic heterocycles. The van der Waals surface area contributed by atoms with Crippen LogP contribution in [0.15, 0.2) is 21.2 Å². The van der Waals surface area contributed by atoms with Crippen LogP contribution in [0.1, 0.15) is 32.0 Å². The summed E-state index contributed by atoms with van der Waals surface area (Å²) >= 11 is 6.95. The van der Waals surface area contributed by atoms with Gasteiger partial charge < -0.3 is 10.1 Å². The Hall–Kier alpha value is 0.0300. The Balaban J connectivity index is 2.79. The van der Waals surface area contributed by atoms with Gasteiger partial charge in [-0.1, -0.05) is 6.92 Å². The van der Waals surface area contributed by atoms with Gasteiger partial charge in [-0.25, -0.2) is 0 Å². The minimum Gasteiger partial charge on any atom is -0.380 e. The zero-order valence-corrected chi connectivity index (χ0v) is 13.3. The van der Waals surface area contributed by atoms with Gasteiger partial charge in [0.05, 0.1) is 18.3 Å². The van der Waals surface area contributed by atoms with Gasteiger partial charge in [0, 0.05) is 21.7 Å². The van der Waals surface area contributed by atoms with Crippen molar-refractivity contribution < 1.29 is 4.74 Å². The fourth-order valence-corrected chi connectivity index (χ4v) is 2.73. The molecule has 0 fully saturated rings. The molecule has 0 radical (unpaired) electrons. The number of ether oxygens (including phenoxy) is 1. The van der Waals surface area contributed by atoms with Gasteiger partial charge in [-0.15, -0.1) is 0 Å². The van der Waals surface area contributed by atoms with Crippen LogP contribution in [0, 0.1) is 0 Å². The topological polar surface area (TPSA) is 34.1 Å². The molecule has 96 valence electrons. The second-order valence-corrected chi connectivity index (χ2v) is 5.46. The molecular weight excluding hydrogens is 348 g/mol. The third kappa shape index (κ3) is 5.04. The summed E-state index contributed by atoms with van der Waals surface area (Å²) < 4.78 is 7.47. The molecule has 5 heteroatoms. The van der Waals surface area contributed by atoms with Crippen LogP contribution in [0.4, 0.5) is 0 Å². The predicted octanol–water partition coefficient (Wildman–Crippen LogP) is 3.68. The van der Waals surface area contributed by atoms with Crippen molar-refractivity contribution in [1.82, 2.24) is 10.3 Å². The molecule has 0 saturated heterocycles. The van der Waals surface area contributed by atoms with Gasteiger partial charge in [0.15, 0.2) is 0 Å². The van der Waals surface area contributed by atoms with Crippen molar-refractivity contribution in [3.63, 3.8) is 0 Å². The van der Waals surface area contributed by atoms with Gasteiger partial charge in [-0.2, -0.15) is 0 Å². The summed E-state index contributed by atoms with van der Waals surface area (Å²) in [5, 5.41) is 3.45. The molecular formula is C12H18Br2N2O. The highest BCUT2D eigenvalue weighted by molar-refractivity contribution is 9.11. The van der Waals surface area contributed by atoms with Crippen LogP contribution in [0.2, 0.25) is 0 Å². The highest BCUT2D eigenvalue weighted by atomic mass is 79.9. The minimum absolute atomic E-state index is 0.136. The first-order valence-corrected chi connectivity index (χ1v) is 7.39. The molecule has 1 rings (SSSR count). The molecule has 0 spiro atoms. The van der Waals surface area contributed by atoms with Crippen LogP contribution < -0.4 is 5.32 Å². The summed E-state index contributed by atoms with van der Waals surface area (Å²) in [6, 6.07) is 2.15. The van der Waals surface area contributed by atoms with Gasteiger partial charge in [-0.3, -0.25) is 4.98 Å². The summed E-state index contributed by atoms with van der Waals surface area (Å²) in [6.07, 6.45) is 2.91. The lowest BCUT2D eigenvalue weighted by atomic mass is 10.2. The number of hydrogen-bond donors (Lipinski definition) is 1. The van der Waals surface area contributed by atoms with Crippen LogP contribution in [-0.4, -0.2) is 24.7 Å². The van der Waals surface area contributed by atoms with Crippen LogP contribution in [0.5, 0.6) is 0 Å². The summed E-state index contributed by atoms with van der Waals surface area (Å²) in [6.45, 7) is 6.47. The van der Waals surface area contributed by atoms with E-state index in [1.54, 1.807) is 0 Å². The van der Waals surface area contributed by atoms with E-state index in [9.17, 15) is 0 Å². The van der Waals surface area contributed by atoms with Gasteiger partial charge in [0.1, 0.15) is 0 Å². The Kier molecular flexibility index (Phi) is 7.27.